The van der Waals surface area contributed by atoms with Gasteiger partial charge in [-0.25, -0.2) is 5.43 Å². The Morgan fingerprint density at radius 2 is 2.00 bits per heavy atom. The Labute approximate surface area is 221 Å². The molecule has 3 aliphatic heterocycles. The predicted molar refractivity (Wildman–Crippen MR) is 142 cm³/mol. The summed E-state index contributed by atoms with van der Waals surface area (Å²) < 4.78 is 11.0. The van der Waals surface area contributed by atoms with Crippen LogP contribution in [-0.2, 0) is 15.0 Å². The standard InChI is InChI=1S/C28H34N6O4/c1-37-16-6-8-20-18(13-16)28(27(36)30-20)14-19(28)15-5-7-17-22(12-15)32-33-25(17)29-21-9-10-23(31-26(21)38-2)34-11-3-4-24(34)35/h6,8-10,13,15,17,19,22,25,29,32-33H,3-5,7,11-12,14H2,1-2H3,(H,30,36)/t15?,17?,19-,22?,25?,28-/m0/s1. The highest BCUT2D eigenvalue weighted by Gasteiger charge is 2.67. The SMILES string of the molecule is COc1ccc2c(c1)[C@]1(C[C@H]1C1CCC3C(C1)NNC3Nc1ccc(N3CCCC3=O)nc1OC)C(=O)N2. The maximum atomic E-state index is 13.1. The first-order valence-electron chi connectivity index (χ1n) is 13.6. The van der Waals surface area contributed by atoms with Gasteiger partial charge in [0.05, 0.1) is 31.5 Å². The second-order valence-electron chi connectivity index (χ2n) is 11.3. The van der Waals surface area contributed by atoms with E-state index in [9.17, 15) is 9.59 Å². The molecule has 0 bridgehead atoms. The highest BCUT2D eigenvalue weighted by atomic mass is 16.5. The molecular weight excluding hydrogens is 484 g/mol. The molecule has 2 saturated carbocycles. The molecule has 4 unspecified atom stereocenters. The summed E-state index contributed by atoms with van der Waals surface area (Å²) in [6.45, 7) is 0.698. The lowest BCUT2D eigenvalue weighted by molar-refractivity contribution is -0.118. The molecule has 0 radical (unpaired) electrons. The Hall–Kier alpha value is -3.37. The molecule has 2 aliphatic carbocycles. The molecule has 6 atom stereocenters. The number of rotatable bonds is 6. The number of hydrogen-bond acceptors (Lipinski definition) is 8. The van der Waals surface area contributed by atoms with Crippen LogP contribution in [0.3, 0.4) is 0 Å². The number of nitrogens with one attached hydrogen (secondary N) is 4. The number of anilines is 3. The third kappa shape index (κ3) is 3.57. The zero-order valence-electron chi connectivity index (χ0n) is 21.8. The average molecular weight is 519 g/mol. The number of amides is 2. The van der Waals surface area contributed by atoms with Crippen molar-refractivity contribution < 1.29 is 19.1 Å². The zero-order valence-corrected chi connectivity index (χ0v) is 21.8. The fraction of sp³-hybridized carbons (Fsp3) is 0.536. The van der Waals surface area contributed by atoms with E-state index in [4.69, 9.17) is 9.47 Å². The van der Waals surface area contributed by atoms with Crippen molar-refractivity contribution in [1.82, 2.24) is 15.8 Å². The van der Waals surface area contributed by atoms with Crippen LogP contribution in [0.25, 0.3) is 0 Å². The summed E-state index contributed by atoms with van der Waals surface area (Å²) in [5, 5.41) is 6.70. The van der Waals surface area contributed by atoms with Gasteiger partial charge in [0.15, 0.2) is 0 Å². The second kappa shape index (κ2) is 8.84. The normalized spacial score (nSPS) is 33.2. The molecule has 7 rings (SSSR count). The van der Waals surface area contributed by atoms with Gasteiger partial charge in [-0.2, -0.15) is 4.98 Å². The molecule has 4 N–H and O–H groups in total. The van der Waals surface area contributed by atoms with Gasteiger partial charge in [-0.15, -0.1) is 0 Å². The summed E-state index contributed by atoms with van der Waals surface area (Å²) in [6.07, 6.45) is 5.54. The van der Waals surface area contributed by atoms with Crippen molar-refractivity contribution in [2.75, 3.05) is 36.3 Å². The number of hydrazine groups is 1. The van der Waals surface area contributed by atoms with Gasteiger partial charge in [0, 0.05) is 30.6 Å². The first kappa shape index (κ1) is 23.7. The smallest absolute Gasteiger partial charge is 0.239 e. The van der Waals surface area contributed by atoms with Crippen LogP contribution in [0.15, 0.2) is 30.3 Å². The number of pyridine rings is 1. The summed E-state index contributed by atoms with van der Waals surface area (Å²) in [5.41, 5.74) is 9.41. The van der Waals surface area contributed by atoms with Crippen LogP contribution in [0.5, 0.6) is 11.6 Å². The fourth-order valence-electron chi connectivity index (χ4n) is 7.42. The Kier molecular flexibility index (Phi) is 5.52. The average Bonchev–Trinajstić information content (AvgIpc) is 3.18. The Bertz CT molecular complexity index is 1300. The van der Waals surface area contributed by atoms with Crippen molar-refractivity contribution in [3.8, 4) is 11.6 Å². The summed E-state index contributed by atoms with van der Waals surface area (Å²) in [6, 6.07) is 10.1. The molecule has 1 aromatic heterocycles. The van der Waals surface area contributed by atoms with Gasteiger partial charge in [0.25, 0.3) is 0 Å². The lowest BCUT2D eigenvalue weighted by atomic mass is 9.74. The van der Waals surface area contributed by atoms with Gasteiger partial charge in [0.2, 0.25) is 17.7 Å². The van der Waals surface area contributed by atoms with Gasteiger partial charge in [-0.3, -0.25) is 19.9 Å². The van der Waals surface area contributed by atoms with E-state index in [-0.39, 0.29) is 18.0 Å². The van der Waals surface area contributed by atoms with Gasteiger partial charge < -0.3 is 20.1 Å². The molecule has 4 fully saturated rings. The molecule has 2 amide bonds. The predicted octanol–water partition coefficient (Wildman–Crippen LogP) is 2.77. The highest BCUT2D eigenvalue weighted by molar-refractivity contribution is 6.09. The number of aromatic nitrogens is 1. The molecule has 2 saturated heterocycles. The molecule has 5 aliphatic rings. The number of fused-ring (bicyclic) bond motifs is 3. The number of nitrogens with zero attached hydrogens (tertiary/aromatic N) is 2. The number of hydrogen-bond donors (Lipinski definition) is 4. The van der Waals surface area contributed by atoms with E-state index in [2.05, 4.69) is 26.5 Å². The van der Waals surface area contributed by atoms with E-state index in [1.54, 1.807) is 19.1 Å². The molecule has 10 heteroatoms. The van der Waals surface area contributed by atoms with E-state index in [0.717, 1.165) is 54.8 Å². The third-order valence-electron chi connectivity index (χ3n) is 9.44. The van der Waals surface area contributed by atoms with Crippen molar-refractivity contribution in [3.63, 3.8) is 0 Å². The van der Waals surface area contributed by atoms with Gasteiger partial charge in [-0.1, -0.05) is 0 Å². The zero-order chi connectivity index (χ0) is 26.0. The van der Waals surface area contributed by atoms with Crippen molar-refractivity contribution in [2.45, 2.75) is 56.1 Å². The van der Waals surface area contributed by atoms with Crippen LogP contribution in [0, 0.1) is 17.8 Å². The molecule has 1 aromatic carbocycles. The number of benzene rings is 1. The summed E-state index contributed by atoms with van der Waals surface area (Å²) in [7, 11) is 3.28. The van der Waals surface area contributed by atoms with Crippen molar-refractivity contribution in [1.29, 1.82) is 0 Å². The number of carbonyl (C=O) groups excluding carboxylic acids is 2. The first-order chi connectivity index (χ1) is 18.5. The molecule has 1 spiro atoms. The van der Waals surface area contributed by atoms with E-state index in [0.29, 0.717) is 48.5 Å². The van der Waals surface area contributed by atoms with Crippen molar-refractivity contribution >= 4 is 29.0 Å². The molecule has 200 valence electrons. The lowest BCUT2D eigenvalue weighted by Gasteiger charge is -2.34. The van der Waals surface area contributed by atoms with Crippen molar-refractivity contribution in [3.05, 3.63) is 35.9 Å². The third-order valence-corrected chi connectivity index (χ3v) is 9.44. The summed E-state index contributed by atoms with van der Waals surface area (Å²) in [5.74, 6) is 3.42. The molecule has 4 heterocycles. The van der Waals surface area contributed by atoms with Crippen LogP contribution in [0.2, 0.25) is 0 Å². The minimum Gasteiger partial charge on any atom is -0.497 e. The van der Waals surface area contributed by atoms with E-state index >= 15 is 0 Å². The summed E-state index contributed by atoms with van der Waals surface area (Å²) >= 11 is 0. The second-order valence-corrected chi connectivity index (χ2v) is 11.3. The minimum absolute atomic E-state index is 0.0313. The van der Waals surface area contributed by atoms with E-state index < -0.39 is 5.41 Å². The fourth-order valence-corrected chi connectivity index (χ4v) is 7.42. The Balaban J connectivity index is 1.03. The minimum atomic E-state index is -0.400. The number of ether oxygens (including phenoxy) is 2. The monoisotopic (exact) mass is 518 g/mol. The van der Waals surface area contributed by atoms with Crippen LogP contribution < -0.4 is 35.9 Å². The van der Waals surface area contributed by atoms with Crippen LogP contribution >= 0.6 is 0 Å². The molecular formula is C28H34N6O4. The van der Waals surface area contributed by atoms with Gasteiger partial charge in [0.1, 0.15) is 11.6 Å². The van der Waals surface area contributed by atoms with Gasteiger partial charge >= 0.3 is 0 Å². The summed E-state index contributed by atoms with van der Waals surface area (Å²) in [4.78, 5) is 31.6. The maximum Gasteiger partial charge on any atom is 0.239 e. The van der Waals surface area contributed by atoms with Gasteiger partial charge in [-0.05, 0) is 79.8 Å². The van der Waals surface area contributed by atoms with Crippen LogP contribution in [0.1, 0.15) is 44.1 Å². The largest absolute Gasteiger partial charge is 0.497 e. The lowest BCUT2D eigenvalue weighted by Crippen LogP contribution is -2.39. The van der Waals surface area contributed by atoms with E-state index in [1.165, 1.54) is 0 Å². The van der Waals surface area contributed by atoms with Crippen LogP contribution in [0.4, 0.5) is 17.2 Å². The highest BCUT2D eigenvalue weighted by Crippen LogP contribution is 2.65. The topological polar surface area (TPSA) is 117 Å². The van der Waals surface area contributed by atoms with Crippen LogP contribution in [-0.4, -0.2) is 49.8 Å². The molecule has 38 heavy (non-hydrogen) atoms. The van der Waals surface area contributed by atoms with Crippen molar-refractivity contribution in [2.24, 2.45) is 17.8 Å². The molecule has 10 nitrogen and oxygen atoms in total. The first-order valence-corrected chi connectivity index (χ1v) is 13.6. The number of methoxy groups -OCH3 is 2. The molecule has 2 aromatic rings. The van der Waals surface area contributed by atoms with E-state index in [1.807, 2.05) is 30.3 Å². The quantitative estimate of drug-likeness (QED) is 0.461. The number of carbonyl (C=O) groups is 2. The maximum absolute atomic E-state index is 13.1. The Morgan fingerprint density at radius 3 is 2.79 bits per heavy atom. The Morgan fingerprint density at radius 1 is 1.11 bits per heavy atom.